The van der Waals surface area contributed by atoms with Crippen LogP contribution in [0.25, 0.3) is 0 Å². The van der Waals surface area contributed by atoms with Crippen molar-refractivity contribution in [1.82, 2.24) is 4.98 Å². The van der Waals surface area contributed by atoms with Gasteiger partial charge in [0, 0.05) is 23.2 Å². The fraction of sp³-hybridized carbons (Fsp3) is 0.200. The van der Waals surface area contributed by atoms with Gasteiger partial charge in [0.15, 0.2) is 0 Å². The molecule has 0 N–H and O–H groups in total. The van der Waals surface area contributed by atoms with E-state index in [1.165, 1.54) is 23.4 Å². The Morgan fingerprint density at radius 2 is 2.09 bits per heavy atom. The summed E-state index contributed by atoms with van der Waals surface area (Å²) in [5.74, 6) is -0.295. The van der Waals surface area contributed by atoms with Crippen molar-refractivity contribution >= 4 is 23.2 Å². The number of hydrogen-bond acceptors (Lipinski definition) is 3. The highest BCUT2D eigenvalue weighted by atomic mass is 35.5. The molecule has 0 fully saturated rings. The number of benzene rings is 1. The first-order valence-electron chi connectivity index (χ1n) is 6.55. The van der Waals surface area contributed by atoms with Gasteiger partial charge in [0.2, 0.25) is 0 Å². The van der Waals surface area contributed by atoms with Gasteiger partial charge in [-0.1, -0.05) is 11.6 Å². The summed E-state index contributed by atoms with van der Waals surface area (Å²) in [5.41, 5.74) is 1.85. The van der Waals surface area contributed by atoms with Gasteiger partial charge in [0.25, 0.3) is 5.91 Å². The summed E-state index contributed by atoms with van der Waals surface area (Å²) >= 11 is 5.92. The molecule has 0 aliphatic carbocycles. The van der Waals surface area contributed by atoms with Gasteiger partial charge in [0.1, 0.15) is 5.75 Å². The summed E-state index contributed by atoms with van der Waals surface area (Å²) in [7, 11) is 0. The first kappa shape index (κ1) is 14.7. The SMILES string of the molecule is O=C1c2ccc(Cl)cc2CCN1c1cncc(OC(F)F)c1. The molecule has 0 saturated heterocycles. The molecule has 7 heteroatoms. The summed E-state index contributed by atoms with van der Waals surface area (Å²) in [6, 6.07) is 6.45. The number of hydrogen-bond donors (Lipinski definition) is 0. The van der Waals surface area contributed by atoms with E-state index in [9.17, 15) is 13.6 Å². The molecule has 1 aromatic carbocycles. The fourth-order valence-electron chi connectivity index (χ4n) is 2.43. The van der Waals surface area contributed by atoms with E-state index < -0.39 is 6.61 Å². The number of ether oxygens (including phenoxy) is 1. The van der Waals surface area contributed by atoms with E-state index in [4.69, 9.17) is 11.6 Å². The van der Waals surface area contributed by atoms with E-state index in [0.29, 0.717) is 29.2 Å². The van der Waals surface area contributed by atoms with E-state index in [1.54, 1.807) is 18.2 Å². The van der Waals surface area contributed by atoms with Crippen LogP contribution in [-0.2, 0) is 6.42 Å². The zero-order chi connectivity index (χ0) is 15.7. The highest BCUT2D eigenvalue weighted by Gasteiger charge is 2.26. The second-order valence-electron chi connectivity index (χ2n) is 4.77. The Morgan fingerprint density at radius 1 is 1.27 bits per heavy atom. The molecule has 2 aromatic rings. The molecule has 2 heterocycles. The lowest BCUT2D eigenvalue weighted by atomic mass is 9.99. The summed E-state index contributed by atoms with van der Waals surface area (Å²) in [6.07, 6.45) is 3.25. The number of rotatable bonds is 3. The van der Waals surface area contributed by atoms with Gasteiger partial charge in [-0.2, -0.15) is 8.78 Å². The minimum Gasteiger partial charge on any atom is -0.433 e. The standard InChI is InChI=1S/C15H11ClF2N2O2/c16-10-1-2-13-9(5-10)3-4-20(14(13)21)11-6-12(8-19-7-11)22-15(17)18/h1-2,5-8,15H,3-4H2. The smallest absolute Gasteiger partial charge is 0.387 e. The van der Waals surface area contributed by atoms with Crippen molar-refractivity contribution in [3.63, 3.8) is 0 Å². The van der Waals surface area contributed by atoms with Gasteiger partial charge in [-0.15, -0.1) is 0 Å². The minimum absolute atomic E-state index is 0.0813. The number of nitrogens with zero attached hydrogens (tertiary/aromatic N) is 2. The van der Waals surface area contributed by atoms with Gasteiger partial charge in [-0.25, -0.2) is 0 Å². The molecule has 114 valence electrons. The van der Waals surface area contributed by atoms with Gasteiger partial charge in [-0.05, 0) is 30.2 Å². The highest BCUT2D eigenvalue weighted by Crippen LogP contribution is 2.28. The predicted octanol–water partition coefficient (Wildman–Crippen LogP) is 3.54. The Bertz CT molecular complexity index is 724. The third kappa shape index (κ3) is 2.87. The van der Waals surface area contributed by atoms with Crippen LogP contribution in [0.15, 0.2) is 36.7 Å². The lowest BCUT2D eigenvalue weighted by Crippen LogP contribution is -2.37. The number of alkyl halides is 2. The quantitative estimate of drug-likeness (QED) is 0.867. The van der Waals surface area contributed by atoms with Gasteiger partial charge in [-0.3, -0.25) is 9.78 Å². The normalized spacial score (nSPS) is 14.2. The first-order valence-corrected chi connectivity index (χ1v) is 6.92. The molecule has 0 radical (unpaired) electrons. The molecule has 0 unspecified atom stereocenters. The number of anilines is 1. The number of fused-ring (bicyclic) bond motifs is 1. The van der Waals surface area contributed by atoms with Crippen LogP contribution in [0.5, 0.6) is 5.75 Å². The van der Waals surface area contributed by atoms with Crippen molar-refractivity contribution in [3.8, 4) is 5.75 Å². The molecule has 3 rings (SSSR count). The molecule has 0 spiro atoms. The molecular weight excluding hydrogens is 314 g/mol. The van der Waals surface area contributed by atoms with Crippen LogP contribution in [0, 0.1) is 0 Å². The predicted molar refractivity (Wildman–Crippen MR) is 77.7 cm³/mol. The summed E-state index contributed by atoms with van der Waals surface area (Å²) in [6.45, 7) is -2.51. The van der Waals surface area contributed by atoms with Crippen LogP contribution < -0.4 is 9.64 Å². The first-order chi connectivity index (χ1) is 10.5. The number of pyridine rings is 1. The van der Waals surface area contributed by atoms with Gasteiger partial charge in [0.05, 0.1) is 18.1 Å². The summed E-state index contributed by atoms with van der Waals surface area (Å²) in [4.78, 5) is 17.9. The summed E-state index contributed by atoms with van der Waals surface area (Å²) < 4.78 is 28.8. The van der Waals surface area contributed by atoms with Crippen molar-refractivity contribution in [2.45, 2.75) is 13.0 Å². The highest BCUT2D eigenvalue weighted by molar-refractivity contribution is 6.30. The largest absolute Gasteiger partial charge is 0.433 e. The van der Waals surface area contributed by atoms with Crippen molar-refractivity contribution in [2.24, 2.45) is 0 Å². The Balaban J connectivity index is 1.90. The van der Waals surface area contributed by atoms with Gasteiger partial charge >= 0.3 is 6.61 Å². The Kier molecular flexibility index (Phi) is 3.94. The molecule has 1 aromatic heterocycles. The lowest BCUT2D eigenvalue weighted by molar-refractivity contribution is -0.0500. The number of halogens is 3. The van der Waals surface area contributed by atoms with Crippen molar-refractivity contribution in [3.05, 3.63) is 52.8 Å². The van der Waals surface area contributed by atoms with Crippen LogP contribution in [0.4, 0.5) is 14.5 Å². The van der Waals surface area contributed by atoms with Crippen LogP contribution in [0.1, 0.15) is 15.9 Å². The Labute approximate surface area is 130 Å². The van der Waals surface area contributed by atoms with E-state index in [1.807, 2.05) is 0 Å². The van der Waals surface area contributed by atoms with E-state index >= 15 is 0 Å². The van der Waals surface area contributed by atoms with Crippen molar-refractivity contribution < 1.29 is 18.3 Å². The zero-order valence-corrected chi connectivity index (χ0v) is 12.1. The van der Waals surface area contributed by atoms with Crippen LogP contribution >= 0.6 is 11.6 Å². The lowest BCUT2D eigenvalue weighted by Gasteiger charge is -2.28. The van der Waals surface area contributed by atoms with E-state index in [2.05, 4.69) is 9.72 Å². The third-order valence-electron chi connectivity index (χ3n) is 3.38. The zero-order valence-electron chi connectivity index (χ0n) is 11.3. The number of carbonyl (C=O) groups is 1. The molecule has 0 saturated carbocycles. The fourth-order valence-corrected chi connectivity index (χ4v) is 2.62. The summed E-state index contributed by atoms with van der Waals surface area (Å²) in [5, 5.41) is 0.578. The molecular formula is C15H11ClF2N2O2. The molecule has 1 aliphatic heterocycles. The van der Waals surface area contributed by atoms with Crippen molar-refractivity contribution in [2.75, 3.05) is 11.4 Å². The molecule has 4 nitrogen and oxygen atoms in total. The number of amides is 1. The molecule has 0 bridgehead atoms. The Hall–Kier alpha value is -2.21. The second-order valence-corrected chi connectivity index (χ2v) is 5.20. The third-order valence-corrected chi connectivity index (χ3v) is 3.62. The molecule has 22 heavy (non-hydrogen) atoms. The molecule has 1 amide bonds. The van der Waals surface area contributed by atoms with Crippen LogP contribution in [0.2, 0.25) is 5.02 Å². The molecule has 0 atom stereocenters. The van der Waals surface area contributed by atoms with Gasteiger partial charge < -0.3 is 9.64 Å². The average molecular weight is 325 g/mol. The second kappa shape index (κ2) is 5.88. The number of aromatic nitrogens is 1. The van der Waals surface area contributed by atoms with Crippen molar-refractivity contribution in [1.29, 1.82) is 0 Å². The number of carbonyl (C=O) groups excluding carboxylic acids is 1. The van der Waals surface area contributed by atoms with Crippen LogP contribution in [0.3, 0.4) is 0 Å². The van der Waals surface area contributed by atoms with E-state index in [0.717, 1.165) is 5.56 Å². The monoisotopic (exact) mass is 324 g/mol. The maximum Gasteiger partial charge on any atom is 0.387 e. The maximum atomic E-state index is 12.5. The van der Waals surface area contributed by atoms with Crippen LogP contribution in [-0.4, -0.2) is 24.0 Å². The Morgan fingerprint density at radius 3 is 2.86 bits per heavy atom. The topological polar surface area (TPSA) is 42.4 Å². The van der Waals surface area contributed by atoms with E-state index in [-0.39, 0.29) is 11.7 Å². The maximum absolute atomic E-state index is 12.5. The molecule has 1 aliphatic rings. The minimum atomic E-state index is -2.93. The average Bonchev–Trinajstić information content (AvgIpc) is 2.47.